The third-order valence-corrected chi connectivity index (χ3v) is 3.74. The van der Waals surface area contributed by atoms with E-state index in [4.69, 9.17) is 9.52 Å². The molecule has 0 saturated carbocycles. The van der Waals surface area contributed by atoms with Crippen LogP contribution >= 0.6 is 11.8 Å². The Morgan fingerprint density at radius 1 is 1.43 bits per heavy atom. The molecule has 1 aromatic carbocycles. The van der Waals surface area contributed by atoms with Gasteiger partial charge in [0.25, 0.3) is 0 Å². The number of nitrogens with one attached hydrogen (secondary N) is 1. The third kappa shape index (κ3) is 4.35. The number of benzene rings is 1. The SMILES string of the molecule is O=CNC(CSCc1coc(-c2ccccc2)n1)C(=O)O. The number of hydrogen-bond donors (Lipinski definition) is 2. The minimum atomic E-state index is -1.06. The van der Waals surface area contributed by atoms with Crippen molar-refractivity contribution >= 4 is 24.1 Å². The fourth-order valence-corrected chi connectivity index (χ4v) is 2.57. The first-order valence-electron chi connectivity index (χ1n) is 6.21. The molecule has 1 unspecified atom stereocenters. The van der Waals surface area contributed by atoms with Crippen molar-refractivity contribution in [2.75, 3.05) is 5.75 Å². The molecule has 0 aliphatic rings. The standard InChI is InChI=1S/C14H14N2O4S/c17-9-15-12(14(18)19)8-21-7-11-6-20-13(16-11)10-4-2-1-3-5-10/h1-6,9,12H,7-8H2,(H,15,17)(H,18,19). The van der Waals surface area contributed by atoms with Gasteiger partial charge in [-0.3, -0.25) is 4.79 Å². The number of aromatic nitrogens is 1. The van der Waals surface area contributed by atoms with Gasteiger partial charge in [-0.05, 0) is 12.1 Å². The second kappa shape index (κ2) is 7.49. The van der Waals surface area contributed by atoms with E-state index >= 15 is 0 Å². The molecular formula is C14H14N2O4S. The molecular weight excluding hydrogens is 292 g/mol. The van der Waals surface area contributed by atoms with Gasteiger partial charge in [0, 0.05) is 17.1 Å². The first-order chi connectivity index (χ1) is 10.2. The van der Waals surface area contributed by atoms with Crippen LogP contribution in [-0.4, -0.2) is 34.3 Å². The largest absolute Gasteiger partial charge is 0.480 e. The average Bonchev–Trinajstić information content (AvgIpc) is 2.96. The van der Waals surface area contributed by atoms with Crippen LogP contribution in [0.3, 0.4) is 0 Å². The molecule has 1 atom stereocenters. The first kappa shape index (κ1) is 15.1. The number of carbonyl (C=O) groups excluding carboxylic acids is 1. The summed E-state index contributed by atoms with van der Waals surface area (Å²) in [5.74, 6) is 0.258. The molecule has 6 nitrogen and oxygen atoms in total. The van der Waals surface area contributed by atoms with E-state index in [9.17, 15) is 9.59 Å². The van der Waals surface area contributed by atoms with Gasteiger partial charge in [0.05, 0.1) is 5.69 Å². The predicted molar refractivity (Wildman–Crippen MR) is 78.7 cm³/mol. The van der Waals surface area contributed by atoms with Gasteiger partial charge in [0.15, 0.2) is 0 Å². The van der Waals surface area contributed by atoms with E-state index in [0.29, 0.717) is 18.1 Å². The Labute approximate surface area is 125 Å². The fourth-order valence-electron chi connectivity index (χ4n) is 1.64. The highest BCUT2D eigenvalue weighted by Gasteiger charge is 2.16. The minimum Gasteiger partial charge on any atom is -0.480 e. The van der Waals surface area contributed by atoms with Crippen LogP contribution in [0.15, 0.2) is 41.0 Å². The Morgan fingerprint density at radius 2 is 2.19 bits per heavy atom. The second-order valence-corrected chi connectivity index (χ2v) is 5.23. The maximum Gasteiger partial charge on any atom is 0.327 e. The highest BCUT2D eigenvalue weighted by atomic mass is 32.2. The van der Waals surface area contributed by atoms with Gasteiger partial charge in [-0.25, -0.2) is 9.78 Å². The molecule has 0 fully saturated rings. The summed E-state index contributed by atoms with van der Waals surface area (Å²) in [5.41, 5.74) is 1.62. The zero-order valence-electron chi connectivity index (χ0n) is 11.1. The molecule has 21 heavy (non-hydrogen) atoms. The number of rotatable bonds is 8. The van der Waals surface area contributed by atoms with Crippen LogP contribution in [0.2, 0.25) is 0 Å². The summed E-state index contributed by atoms with van der Waals surface area (Å²) in [6, 6.07) is 8.62. The molecule has 2 N–H and O–H groups in total. The lowest BCUT2D eigenvalue weighted by Crippen LogP contribution is -2.37. The topological polar surface area (TPSA) is 92.4 Å². The fraction of sp³-hybridized carbons (Fsp3) is 0.214. The molecule has 0 spiro atoms. The van der Waals surface area contributed by atoms with Gasteiger partial charge in [0.1, 0.15) is 12.3 Å². The van der Waals surface area contributed by atoms with Crippen molar-refractivity contribution in [3.05, 3.63) is 42.3 Å². The molecule has 0 radical (unpaired) electrons. The van der Waals surface area contributed by atoms with Crippen LogP contribution in [0.5, 0.6) is 0 Å². The highest BCUT2D eigenvalue weighted by Crippen LogP contribution is 2.20. The van der Waals surface area contributed by atoms with Crippen molar-refractivity contribution in [2.45, 2.75) is 11.8 Å². The summed E-state index contributed by atoms with van der Waals surface area (Å²) in [6.45, 7) is 0. The van der Waals surface area contributed by atoms with Crippen LogP contribution in [0.1, 0.15) is 5.69 Å². The van der Waals surface area contributed by atoms with E-state index in [2.05, 4.69) is 10.3 Å². The average molecular weight is 306 g/mol. The smallest absolute Gasteiger partial charge is 0.327 e. The number of nitrogens with zero attached hydrogens (tertiary/aromatic N) is 1. The number of thioether (sulfide) groups is 1. The molecule has 0 aliphatic carbocycles. The summed E-state index contributed by atoms with van der Waals surface area (Å²) in [4.78, 5) is 25.5. The molecule has 1 heterocycles. The molecule has 2 aromatic rings. The van der Waals surface area contributed by atoms with Crippen molar-refractivity contribution in [3.8, 4) is 11.5 Å². The van der Waals surface area contributed by atoms with Gasteiger partial charge >= 0.3 is 5.97 Å². The molecule has 2 rings (SSSR count). The lowest BCUT2D eigenvalue weighted by molar-refractivity contribution is -0.139. The summed E-state index contributed by atoms with van der Waals surface area (Å²) >= 11 is 1.37. The maximum atomic E-state index is 10.9. The van der Waals surface area contributed by atoms with Gasteiger partial charge in [-0.2, -0.15) is 11.8 Å². The normalized spacial score (nSPS) is 11.8. The van der Waals surface area contributed by atoms with Gasteiger partial charge in [-0.15, -0.1) is 0 Å². The number of hydrogen-bond acceptors (Lipinski definition) is 5. The quantitative estimate of drug-likeness (QED) is 0.722. The molecule has 1 amide bonds. The zero-order valence-corrected chi connectivity index (χ0v) is 11.9. The Morgan fingerprint density at radius 3 is 2.86 bits per heavy atom. The third-order valence-electron chi connectivity index (χ3n) is 2.67. The number of amides is 1. The van der Waals surface area contributed by atoms with Crippen molar-refractivity contribution < 1.29 is 19.1 Å². The number of carboxylic acids is 1. The Hall–Kier alpha value is -2.28. The summed E-state index contributed by atoms with van der Waals surface area (Å²) < 4.78 is 5.39. The number of aliphatic carboxylic acids is 1. The van der Waals surface area contributed by atoms with Crippen LogP contribution in [0, 0.1) is 0 Å². The van der Waals surface area contributed by atoms with Crippen molar-refractivity contribution in [1.82, 2.24) is 10.3 Å². The molecule has 1 aromatic heterocycles. The number of carbonyl (C=O) groups is 2. The Balaban J connectivity index is 1.88. The van der Waals surface area contributed by atoms with Crippen molar-refractivity contribution in [1.29, 1.82) is 0 Å². The molecule has 0 aliphatic heterocycles. The molecule has 7 heteroatoms. The second-order valence-electron chi connectivity index (χ2n) is 4.20. The van der Waals surface area contributed by atoms with E-state index in [-0.39, 0.29) is 5.75 Å². The van der Waals surface area contributed by atoms with Crippen LogP contribution < -0.4 is 5.32 Å². The monoisotopic (exact) mass is 306 g/mol. The van der Waals surface area contributed by atoms with Crippen molar-refractivity contribution in [2.24, 2.45) is 0 Å². The lowest BCUT2D eigenvalue weighted by Gasteiger charge is -2.09. The molecule has 0 saturated heterocycles. The summed E-state index contributed by atoms with van der Waals surface area (Å²) in [7, 11) is 0. The Bertz CT molecular complexity index is 600. The van der Waals surface area contributed by atoms with Crippen LogP contribution in [0.4, 0.5) is 0 Å². The van der Waals surface area contributed by atoms with E-state index in [1.54, 1.807) is 6.26 Å². The lowest BCUT2D eigenvalue weighted by atomic mass is 10.2. The van der Waals surface area contributed by atoms with Crippen LogP contribution in [0.25, 0.3) is 11.5 Å². The zero-order chi connectivity index (χ0) is 15.1. The summed E-state index contributed by atoms with van der Waals surface area (Å²) in [5, 5.41) is 11.1. The number of oxazole rings is 1. The minimum absolute atomic E-state index is 0.265. The number of carboxylic acid groups (broad SMARTS) is 1. The van der Waals surface area contributed by atoms with E-state index < -0.39 is 12.0 Å². The van der Waals surface area contributed by atoms with Gasteiger partial charge in [0.2, 0.25) is 12.3 Å². The highest BCUT2D eigenvalue weighted by molar-refractivity contribution is 7.98. The van der Waals surface area contributed by atoms with Gasteiger partial charge in [-0.1, -0.05) is 18.2 Å². The molecule has 110 valence electrons. The van der Waals surface area contributed by atoms with E-state index in [0.717, 1.165) is 11.3 Å². The van der Waals surface area contributed by atoms with E-state index in [1.807, 2.05) is 30.3 Å². The van der Waals surface area contributed by atoms with Gasteiger partial charge < -0.3 is 14.8 Å². The first-order valence-corrected chi connectivity index (χ1v) is 7.36. The summed E-state index contributed by atoms with van der Waals surface area (Å²) in [6.07, 6.45) is 1.95. The van der Waals surface area contributed by atoms with E-state index in [1.165, 1.54) is 11.8 Å². The Kier molecular flexibility index (Phi) is 5.39. The predicted octanol–water partition coefficient (Wildman–Crippen LogP) is 1.77. The molecule has 0 bridgehead atoms. The van der Waals surface area contributed by atoms with Crippen LogP contribution in [-0.2, 0) is 15.3 Å². The maximum absolute atomic E-state index is 10.9. The van der Waals surface area contributed by atoms with Crippen molar-refractivity contribution in [3.63, 3.8) is 0 Å².